The first-order chi connectivity index (χ1) is 15.9. The Morgan fingerprint density at radius 2 is 1.48 bits per heavy atom. The van der Waals surface area contributed by atoms with Crippen molar-refractivity contribution in [1.82, 2.24) is 15.1 Å². The van der Waals surface area contributed by atoms with E-state index in [0.29, 0.717) is 44.3 Å². The molecule has 2 aliphatic heterocycles. The maximum atomic E-state index is 13.5. The summed E-state index contributed by atoms with van der Waals surface area (Å²) in [4.78, 5) is 54.5. The van der Waals surface area contributed by atoms with Crippen LogP contribution < -0.4 is 5.32 Å². The number of ketones is 1. The minimum atomic E-state index is -0.996. The van der Waals surface area contributed by atoms with Gasteiger partial charge in [-0.1, -0.05) is 54.6 Å². The molecule has 1 unspecified atom stereocenters. The average molecular weight is 446 g/mol. The van der Waals surface area contributed by atoms with E-state index in [1.165, 1.54) is 16.0 Å². The van der Waals surface area contributed by atoms with E-state index in [-0.39, 0.29) is 23.9 Å². The molecule has 5 rings (SSSR count). The van der Waals surface area contributed by atoms with Crippen LogP contribution in [0.25, 0.3) is 0 Å². The second kappa shape index (κ2) is 8.14. The third kappa shape index (κ3) is 3.61. The molecule has 2 saturated heterocycles. The SMILES string of the molecule is CC1(C2CCN(C(=O)C(=O)c3ccccc3)CC2)NC(=O)N(C2Cc3ccccc3C2)C1=O. The lowest BCUT2D eigenvalue weighted by Gasteiger charge is -2.38. The average Bonchev–Trinajstić information content (AvgIpc) is 3.36. The summed E-state index contributed by atoms with van der Waals surface area (Å²) in [7, 11) is 0. The fourth-order valence-electron chi connectivity index (χ4n) is 5.52. The predicted octanol–water partition coefficient (Wildman–Crippen LogP) is 2.59. The number of amides is 4. The highest BCUT2D eigenvalue weighted by Gasteiger charge is 2.55. The number of hydrogen-bond donors (Lipinski definition) is 1. The van der Waals surface area contributed by atoms with Crippen LogP contribution >= 0.6 is 0 Å². The number of fused-ring (bicyclic) bond motifs is 1. The standard InChI is InChI=1S/C26H27N3O4/c1-26(20-11-13-28(14-12-20)23(31)22(30)17-7-3-2-4-8-17)24(32)29(25(33)27-26)21-15-18-9-5-6-10-19(18)16-21/h2-10,20-21H,11-16H2,1H3,(H,27,33). The zero-order valence-corrected chi connectivity index (χ0v) is 18.6. The van der Waals surface area contributed by atoms with Crippen molar-refractivity contribution in [3.05, 3.63) is 71.3 Å². The fourth-order valence-corrected chi connectivity index (χ4v) is 5.52. The number of carbonyl (C=O) groups is 4. The Labute approximate surface area is 192 Å². The molecular weight excluding hydrogens is 418 g/mol. The van der Waals surface area contributed by atoms with Gasteiger partial charge in [0.15, 0.2) is 0 Å². The van der Waals surface area contributed by atoms with Crippen LogP contribution in [0.1, 0.15) is 41.3 Å². The summed E-state index contributed by atoms with van der Waals surface area (Å²) in [5.74, 6) is -1.32. The van der Waals surface area contributed by atoms with Crippen molar-refractivity contribution in [2.75, 3.05) is 13.1 Å². The maximum absolute atomic E-state index is 13.5. The van der Waals surface area contributed by atoms with E-state index in [2.05, 4.69) is 17.4 Å². The van der Waals surface area contributed by atoms with Gasteiger partial charge in [0.25, 0.3) is 11.8 Å². The van der Waals surface area contributed by atoms with Gasteiger partial charge < -0.3 is 10.2 Å². The molecule has 170 valence electrons. The number of nitrogens with one attached hydrogen (secondary N) is 1. The Kier molecular flexibility index (Phi) is 5.27. The van der Waals surface area contributed by atoms with Crippen LogP contribution in [0.15, 0.2) is 54.6 Å². The number of benzene rings is 2. The molecule has 2 heterocycles. The molecule has 1 aliphatic carbocycles. The summed E-state index contributed by atoms with van der Waals surface area (Å²) < 4.78 is 0. The minimum Gasteiger partial charge on any atom is -0.336 e. The molecule has 3 aliphatic rings. The number of rotatable bonds is 4. The molecular formula is C26H27N3O4. The van der Waals surface area contributed by atoms with E-state index in [0.717, 1.165) is 0 Å². The largest absolute Gasteiger partial charge is 0.336 e. The lowest BCUT2D eigenvalue weighted by Crippen LogP contribution is -2.55. The van der Waals surface area contributed by atoms with Gasteiger partial charge in [-0.25, -0.2) is 4.79 Å². The number of likely N-dealkylation sites (tertiary alicyclic amines) is 1. The van der Waals surface area contributed by atoms with Crippen LogP contribution in [-0.2, 0) is 22.4 Å². The van der Waals surface area contributed by atoms with Gasteiger partial charge in [0.2, 0.25) is 5.78 Å². The third-order valence-corrected chi connectivity index (χ3v) is 7.47. The van der Waals surface area contributed by atoms with Gasteiger partial charge in [-0.3, -0.25) is 19.3 Å². The van der Waals surface area contributed by atoms with Gasteiger partial charge in [0, 0.05) is 24.7 Å². The molecule has 1 N–H and O–H groups in total. The summed E-state index contributed by atoms with van der Waals surface area (Å²) in [6, 6.07) is 16.1. The number of hydrogen-bond acceptors (Lipinski definition) is 4. The third-order valence-electron chi connectivity index (χ3n) is 7.47. The first-order valence-electron chi connectivity index (χ1n) is 11.5. The van der Waals surface area contributed by atoms with E-state index in [1.807, 2.05) is 12.1 Å². The Hall–Kier alpha value is -3.48. The van der Waals surface area contributed by atoms with Gasteiger partial charge in [0.05, 0.1) is 0 Å². The Morgan fingerprint density at radius 3 is 2.09 bits per heavy atom. The van der Waals surface area contributed by atoms with E-state index in [4.69, 9.17) is 0 Å². The van der Waals surface area contributed by atoms with Crippen molar-refractivity contribution in [2.45, 2.75) is 44.2 Å². The van der Waals surface area contributed by atoms with Gasteiger partial charge >= 0.3 is 6.03 Å². The van der Waals surface area contributed by atoms with Gasteiger partial charge in [-0.05, 0) is 49.7 Å². The molecule has 1 atom stereocenters. The van der Waals surface area contributed by atoms with Gasteiger partial charge in [-0.2, -0.15) is 0 Å². The van der Waals surface area contributed by atoms with Crippen LogP contribution in [0, 0.1) is 5.92 Å². The number of piperidine rings is 1. The van der Waals surface area contributed by atoms with E-state index in [9.17, 15) is 19.2 Å². The zero-order valence-electron chi connectivity index (χ0n) is 18.6. The topological polar surface area (TPSA) is 86.8 Å². The number of Topliss-reactive ketones (excluding diaryl/α,β-unsaturated/α-hetero) is 1. The monoisotopic (exact) mass is 445 g/mol. The smallest absolute Gasteiger partial charge is 0.325 e. The summed E-state index contributed by atoms with van der Waals surface area (Å²) in [5, 5.41) is 2.96. The first-order valence-corrected chi connectivity index (χ1v) is 11.5. The van der Waals surface area contributed by atoms with E-state index >= 15 is 0 Å². The van der Waals surface area contributed by atoms with Crippen LogP contribution in [0.3, 0.4) is 0 Å². The van der Waals surface area contributed by atoms with Crippen LogP contribution in [0.5, 0.6) is 0 Å². The Balaban J connectivity index is 1.24. The highest BCUT2D eigenvalue weighted by Crippen LogP contribution is 2.36. The molecule has 0 saturated carbocycles. The fraction of sp³-hybridized carbons (Fsp3) is 0.385. The van der Waals surface area contributed by atoms with Crippen molar-refractivity contribution in [1.29, 1.82) is 0 Å². The van der Waals surface area contributed by atoms with E-state index < -0.39 is 17.2 Å². The Morgan fingerprint density at radius 1 is 0.909 bits per heavy atom. The van der Waals surface area contributed by atoms with Gasteiger partial charge in [0.1, 0.15) is 5.54 Å². The highest BCUT2D eigenvalue weighted by molar-refractivity contribution is 6.42. The van der Waals surface area contributed by atoms with Crippen molar-refractivity contribution in [3.8, 4) is 0 Å². The molecule has 33 heavy (non-hydrogen) atoms. The number of urea groups is 1. The highest BCUT2D eigenvalue weighted by atomic mass is 16.2. The predicted molar refractivity (Wildman–Crippen MR) is 121 cm³/mol. The number of imide groups is 1. The lowest BCUT2D eigenvalue weighted by atomic mass is 9.78. The normalized spacial score (nSPS) is 23.5. The summed E-state index contributed by atoms with van der Waals surface area (Å²) in [6.07, 6.45) is 2.46. The first kappa shape index (κ1) is 21.4. The van der Waals surface area contributed by atoms with Crippen molar-refractivity contribution in [2.24, 2.45) is 5.92 Å². The summed E-state index contributed by atoms with van der Waals surface area (Å²) >= 11 is 0. The van der Waals surface area contributed by atoms with Crippen LogP contribution in [-0.4, -0.2) is 58.1 Å². The lowest BCUT2D eigenvalue weighted by molar-refractivity contribution is -0.135. The molecule has 2 aromatic rings. The quantitative estimate of drug-likeness (QED) is 0.445. The van der Waals surface area contributed by atoms with E-state index in [1.54, 1.807) is 42.2 Å². The molecule has 0 bridgehead atoms. The number of carbonyl (C=O) groups excluding carboxylic acids is 4. The minimum absolute atomic E-state index is 0.0985. The Bertz CT molecular complexity index is 1100. The van der Waals surface area contributed by atoms with Crippen molar-refractivity contribution < 1.29 is 19.2 Å². The van der Waals surface area contributed by atoms with Crippen molar-refractivity contribution >= 4 is 23.6 Å². The molecule has 0 aromatic heterocycles. The molecule has 0 radical (unpaired) electrons. The van der Waals surface area contributed by atoms with Crippen LogP contribution in [0.4, 0.5) is 4.79 Å². The number of nitrogens with zero attached hydrogens (tertiary/aromatic N) is 2. The maximum Gasteiger partial charge on any atom is 0.325 e. The van der Waals surface area contributed by atoms with Crippen molar-refractivity contribution in [3.63, 3.8) is 0 Å². The van der Waals surface area contributed by atoms with Crippen LogP contribution in [0.2, 0.25) is 0 Å². The summed E-state index contributed by atoms with van der Waals surface area (Å²) in [6.45, 7) is 2.57. The summed E-state index contributed by atoms with van der Waals surface area (Å²) in [5.41, 5.74) is 1.76. The molecule has 7 heteroatoms. The molecule has 4 amide bonds. The molecule has 2 aromatic carbocycles. The van der Waals surface area contributed by atoms with Gasteiger partial charge in [-0.15, -0.1) is 0 Å². The second-order valence-electron chi connectivity index (χ2n) is 9.40. The second-order valence-corrected chi connectivity index (χ2v) is 9.40. The molecule has 0 spiro atoms. The molecule has 2 fully saturated rings. The zero-order chi connectivity index (χ0) is 23.2. The molecule has 7 nitrogen and oxygen atoms in total.